The van der Waals surface area contributed by atoms with Gasteiger partial charge in [-0.2, -0.15) is 0 Å². The van der Waals surface area contributed by atoms with Crippen LogP contribution in [-0.2, 0) is 4.74 Å². The summed E-state index contributed by atoms with van der Waals surface area (Å²) in [4.78, 5) is 0. The van der Waals surface area contributed by atoms with E-state index in [0.29, 0.717) is 5.41 Å². The van der Waals surface area contributed by atoms with Crippen molar-refractivity contribution in [2.24, 2.45) is 5.41 Å². The molecule has 0 aromatic carbocycles. The standard InChI is InChI=1S/C11H18.C10H16O2/c1-5-11(4)7-6-9(2)10(3)8-11;1-2-12-10-6-4-3-5-9(10)7-8-11/h2-3,5-8H2,1,4H3;2,5,10-11H,1,3-4,6-8H2. The van der Waals surface area contributed by atoms with Crippen molar-refractivity contribution in [3.63, 3.8) is 0 Å². The van der Waals surface area contributed by atoms with Crippen LogP contribution in [0.3, 0.4) is 0 Å². The van der Waals surface area contributed by atoms with Gasteiger partial charge in [-0.1, -0.05) is 57.2 Å². The minimum Gasteiger partial charge on any atom is -0.494 e. The van der Waals surface area contributed by atoms with Crippen LogP contribution in [0.4, 0.5) is 0 Å². The molecule has 0 aromatic heterocycles. The summed E-state index contributed by atoms with van der Waals surface area (Å²) in [6.07, 6.45) is 12.8. The number of rotatable bonds is 5. The minimum atomic E-state index is 0.170. The number of ether oxygens (including phenoxy) is 1. The van der Waals surface area contributed by atoms with Gasteiger partial charge in [0, 0.05) is 6.61 Å². The molecule has 2 unspecified atom stereocenters. The minimum absolute atomic E-state index is 0.170. The van der Waals surface area contributed by atoms with E-state index in [1.165, 1.54) is 42.2 Å². The van der Waals surface area contributed by atoms with Gasteiger partial charge in [0.25, 0.3) is 0 Å². The highest BCUT2D eigenvalue weighted by molar-refractivity contribution is 5.29. The van der Waals surface area contributed by atoms with E-state index in [-0.39, 0.29) is 12.7 Å². The second-order valence-corrected chi connectivity index (χ2v) is 7.02. The third-order valence-corrected chi connectivity index (χ3v) is 5.18. The van der Waals surface area contributed by atoms with Crippen LogP contribution < -0.4 is 0 Å². The van der Waals surface area contributed by atoms with E-state index < -0.39 is 0 Å². The molecule has 2 aliphatic rings. The molecule has 0 aromatic rings. The lowest BCUT2D eigenvalue weighted by Gasteiger charge is -2.34. The number of hydrogen-bond acceptors (Lipinski definition) is 2. The van der Waals surface area contributed by atoms with Crippen molar-refractivity contribution in [1.29, 1.82) is 0 Å². The Hall–Kier alpha value is -1.28. The van der Waals surface area contributed by atoms with Crippen molar-refractivity contribution in [1.82, 2.24) is 0 Å². The van der Waals surface area contributed by atoms with Crippen molar-refractivity contribution in [3.05, 3.63) is 48.8 Å². The van der Waals surface area contributed by atoms with Gasteiger partial charge in [-0.3, -0.25) is 0 Å². The lowest BCUT2D eigenvalue weighted by atomic mass is 9.71. The molecule has 0 bridgehead atoms. The predicted octanol–water partition coefficient (Wildman–Crippen LogP) is 5.71. The van der Waals surface area contributed by atoms with E-state index >= 15 is 0 Å². The Kier molecular flexibility index (Phi) is 8.40. The molecule has 23 heavy (non-hydrogen) atoms. The third-order valence-electron chi connectivity index (χ3n) is 5.18. The topological polar surface area (TPSA) is 29.5 Å². The van der Waals surface area contributed by atoms with Gasteiger partial charge in [-0.05, 0) is 55.9 Å². The first-order valence-corrected chi connectivity index (χ1v) is 8.88. The molecule has 1 fully saturated rings. The second kappa shape index (κ2) is 9.77. The number of aliphatic hydroxyl groups excluding tert-OH is 1. The summed E-state index contributed by atoms with van der Waals surface area (Å²) in [5.41, 5.74) is 4.29. The summed E-state index contributed by atoms with van der Waals surface area (Å²) >= 11 is 0. The van der Waals surface area contributed by atoms with Gasteiger partial charge in [0.2, 0.25) is 0 Å². The molecule has 1 saturated carbocycles. The maximum Gasteiger partial charge on any atom is 0.119 e. The third kappa shape index (κ3) is 6.39. The van der Waals surface area contributed by atoms with Crippen molar-refractivity contribution < 1.29 is 9.84 Å². The molecule has 0 amide bonds. The van der Waals surface area contributed by atoms with Gasteiger partial charge in [0.05, 0.1) is 6.26 Å². The average Bonchev–Trinajstić information content (AvgIpc) is 2.54. The van der Waals surface area contributed by atoms with E-state index in [1.807, 2.05) is 0 Å². The van der Waals surface area contributed by atoms with E-state index in [0.717, 1.165) is 32.1 Å². The smallest absolute Gasteiger partial charge is 0.119 e. The highest BCUT2D eigenvalue weighted by Crippen LogP contribution is 2.42. The summed E-state index contributed by atoms with van der Waals surface area (Å²) in [7, 11) is 0. The number of aliphatic hydroxyl groups is 1. The molecule has 0 heterocycles. The molecule has 130 valence electrons. The molecular weight excluding hydrogens is 284 g/mol. The number of hydrogen-bond donors (Lipinski definition) is 1. The Bertz CT molecular complexity index is 447. The van der Waals surface area contributed by atoms with E-state index in [2.05, 4.69) is 39.7 Å². The zero-order chi connectivity index (χ0) is 17.3. The zero-order valence-electron chi connectivity index (χ0n) is 15.1. The van der Waals surface area contributed by atoms with Crippen molar-refractivity contribution in [2.45, 2.75) is 71.3 Å². The van der Waals surface area contributed by atoms with Gasteiger partial charge >= 0.3 is 0 Å². The Morgan fingerprint density at radius 3 is 2.70 bits per heavy atom. The van der Waals surface area contributed by atoms with E-state index in [1.54, 1.807) is 0 Å². The Morgan fingerprint density at radius 1 is 1.39 bits per heavy atom. The fourth-order valence-electron chi connectivity index (χ4n) is 3.23. The molecule has 0 saturated heterocycles. The van der Waals surface area contributed by atoms with Crippen LogP contribution in [-0.4, -0.2) is 17.8 Å². The van der Waals surface area contributed by atoms with Crippen LogP contribution in [0.1, 0.15) is 65.2 Å². The van der Waals surface area contributed by atoms with Gasteiger partial charge in [0.1, 0.15) is 6.10 Å². The van der Waals surface area contributed by atoms with Crippen LogP contribution in [0.5, 0.6) is 0 Å². The average molecular weight is 319 g/mol. The largest absolute Gasteiger partial charge is 0.494 e. The van der Waals surface area contributed by atoms with Gasteiger partial charge in [-0.25, -0.2) is 0 Å². The molecule has 2 heteroatoms. The molecule has 2 rings (SSSR count). The Labute approximate surface area is 142 Å². The van der Waals surface area contributed by atoms with Gasteiger partial charge in [0.15, 0.2) is 0 Å². The van der Waals surface area contributed by atoms with Crippen LogP contribution in [0.2, 0.25) is 0 Å². The lowest BCUT2D eigenvalue weighted by Crippen LogP contribution is -2.20. The van der Waals surface area contributed by atoms with E-state index in [4.69, 9.17) is 9.84 Å². The quantitative estimate of drug-likeness (QED) is 0.520. The molecular formula is C21H34O2. The summed E-state index contributed by atoms with van der Waals surface area (Å²) in [5, 5.41) is 8.78. The van der Waals surface area contributed by atoms with Crippen LogP contribution >= 0.6 is 0 Å². The molecule has 1 N–H and O–H groups in total. The van der Waals surface area contributed by atoms with Gasteiger partial charge < -0.3 is 9.84 Å². The predicted molar refractivity (Wildman–Crippen MR) is 99.2 cm³/mol. The highest BCUT2D eigenvalue weighted by Gasteiger charge is 2.27. The highest BCUT2D eigenvalue weighted by atomic mass is 16.5. The number of allylic oxidation sites excluding steroid dienone is 3. The first kappa shape index (κ1) is 19.8. The van der Waals surface area contributed by atoms with Crippen molar-refractivity contribution >= 4 is 0 Å². The first-order chi connectivity index (χ1) is 11.0. The first-order valence-electron chi connectivity index (χ1n) is 8.88. The molecule has 2 aliphatic carbocycles. The summed E-state index contributed by atoms with van der Waals surface area (Å²) in [6.45, 7) is 16.4. The van der Waals surface area contributed by atoms with Crippen LogP contribution in [0, 0.1) is 5.41 Å². The van der Waals surface area contributed by atoms with Crippen molar-refractivity contribution in [2.75, 3.05) is 6.61 Å². The van der Waals surface area contributed by atoms with E-state index in [9.17, 15) is 0 Å². The fourth-order valence-corrected chi connectivity index (χ4v) is 3.23. The maximum absolute atomic E-state index is 8.78. The summed E-state index contributed by atoms with van der Waals surface area (Å²) in [6, 6.07) is 0. The second-order valence-electron chi connectivity index (χ2n) is 7.02. The van der Waals surface area contributed by atoms with Crippen LogP contribution in [0.15, 0.2) is 48.8 Å². The van der Waals surface area contributed by atoms with Crippen LogP contribution in [0.25, 0.3) is 0 Å². The summed E-state index contributed by atoms with van der Waals surface area (Å²) in [5.74, 6) is 0. The maximum atomic E-state index is 8.78. The zero-order valence-corrected chi connectivity index (χ0v) is 15.1. The fraction of sp³-hybridized carbons (Fsp3) is 0.619. The summed E-state index contributed by atoms with van der Waals surface area (Å²) < 4.78 is 5.33. The Morgan fingerprint density at radius 2 is 2.13 bits per heavy atom. The molecule has 0 aliphatic heterocycles. The molecule has 2 atom stereocenters. The Balaban J connectivity index is 0.000000231. The van der Waals surface area contributed by atoms with Gasteiger partial charge in [-0.15, -0.1) is 0 Å². The molecule has 0 radical (unpaired) electrons. The lowest BCUT2D eigenvalue weighted by molar-refractivity contribution is 0.151. The SMILES string of the molecule is C=C1CCC(C)(CC)CC1=C.C=COC1CCCC=C1CCO. The molecule has 0 spiro atoms. The molecule has 2 nitrogen and oxygen atoms in total. The normalized spacial score (nSPS) is 27.6. The monoisotopic (exact) mass is 318 g/mol. The van der Waals surface area contributed by atoms with Crippen molar-refractivity contribution in [3.8, 4) is 0 Å².